The summed E-state index contributed by atoms with van der Waals surface area (Å²) in [6.07, 6.45) is 4.00. The van der Waals surface area contributed by atoms with Crippen LogP contribution in [-0.4, -0.2) is 62.4 Å². The number of piperidine rings is 1. The number of hydrogen-bond donors (Lipinski definition) is 4. The van der Waals surface area contributed by atoms with E-state index >= 15 is 0 Å². The molecular formula is C26H37N5O3. The Morgan fingerprint density at radius 2 is 1.62 bits per heavy atom. The van der Waals surface area contributed by atoms with Crippen LogP contribution in [-0.2, 0) is 4.74 Å². The fourth-order valence-electron chi connectivity index (χ4n) is 4.04. The molecule has 3 rings (SSSR count). The van der Waals surface area contributed by atoms with Crippen LogP contribution in [0, 0.1) is 0 Å². The highest BCUT2D eigenvalue weighted by Crippen LogP contribution is 2.28. The summed E-state index contributed by atoms with van der Waals surface area (Å²) in [4.78, 5) is 26.6. The minimum absolute atomic E-state index is 0.107. The Hall–Kier alpha value is -3.10. The van der Waals surface area contributed by atoms with Gasteiger partial charge in [-0.1, -0.05) is 55.0 Å². The van der Waals surface area contributed by atoms with Gasteiger partial charge in [-0.2, -0.15) is 0 Å². The molecule has 2 aromatic rings. The van der Waals surface area contributed by atoms with Crippen LogP contribution < -0.4 is 21.7 Å². The molecule has 1 saturated heterocycles. The van der Waals surface area contributed by atoms with E-state index in [1.807, 2.05) is 54.6 Å². The third-order valence-corrected chi connectivity index (χ3v) is 5.94. The summed E-state index contributed by atoms with van der Waals surface area (Å²) in [5.41, 5.74) is 8.20. The number of urea groups is 1. The van der Waals surface area contributed by atoms with Crippen molar-refractivity contribution >= 4 is 17.8 Å². The van der Waals surface area contributed by atoms with Crippen LogP contribution in [0.25, 0.3) is 11.1 Å². The lowest BCUT2D eigenvalue weighted by molar-refractivity contribution is 0.0594. The Bertz CT molecular complexity index is 885. The van der Waals surface area contributed by atoms with Gasteiger partial charge in [0.15, 0.2) is 0 Å². The van der Waals surface area contributed by atoms with Gasteiger partial charge >= 0.3 is 12.1 Å². The lowest BCUT2D eigenvalue weighted by atomic mass is 10.0. The zero-order chi connectivity index (χ0) is 24.0. The second kappa shape index (κ2) is 14.2. The maximum atomic E-state index is 12.5. The van der Waals surface area contributed by atoms with Gasteiger partial charge in [-0.25, -0.2) is 9.59 Å². The predicted octanol–water partition coefficient (Wildman–Crippen LogP) is 3.79. The van der Waals surface area contributed by atoms with Crippen LogP contribution in [0.15, 0.2) is 54.6 Å². The van der Waals surface area contributed by atoms with Gasteiger partial charge in [-0.3, -0.25) is 5.32 Å². The first-order valence-corrected chi connectivity index (χ1v) is 12.2. The summed E-state index contributed by atoms with van der Waals surface area (Å²) >= 11 is 0. The van der Waals surface area contributed by atoms with Crippen molar-refractivity contribution in [3.63, 3.8) is 0 Å². The van der Waals surface area contributed by atoms with E-state index in [-0.39, 0.29) is 12.1 Å². The number of likely N-dealkylation sites (tertiary alicyclic amines) is 1. The van der Waals surface area contributed by atoms with Crippen molar-refractivity contribution in [2.24, 2.45) is 5.73 Å². The first-order valence-electron chi connectivity index (χ1n) is 12.2. The second-order valence-corrected chi connectivity index (χ2v) is 8.51. The zero-order valence-corrected chi connectivity index (χ0v) is 19.8. The summed E-state index contributed by atoms with van der Waals surface area (Å²) < 4.78 is 5.69. The number of ether oxygens (including phenoxy) is 1. The lowest BCUT2D eigenvalue weighted by Crippen LogP contribution is -2.44. The minimum atomic E-state index is -0.424. The monoisotopic (exact) mass is 467 g/mol. The highest BCUT2D eigenvalue weighted by atomic mass is 16.6. The predicted molar refractivity (Wildman–Crippen MR) is 136 cm³/mol. The Morgan fingerprint density at radius 1 is 0.912 bits per heavy atom. The van der Waals surface area contributed by atoms with Gasteiger partial charge in [-0.15, -0.1) is 0 Å². The molecule has 0 aliphatic carbocycles. The number of carbonyl (C=O) groups excluding carboxylic acids is 2. The zero-order valence-electron chi connectivity index (χ0n) is 19.8. The van der Waals surface area contributed by atoms with Gasteiger partial charge in [0.1, 0.15) is 6.10 Å². The average molecular weight is 468 g/mol. The Morgan fingerprint density at radius 3 is 2.38 bits per heavy atom. The molecule has 0 unspecified atom stereocenters. The minimum Gasteiger partial charge on any atom is -0.446 e. The topological polar surface area (TPSA) is 109 Å². The number of anilines is 1. The number of rotatable bonds is 11. The van der Waals surface area contributed by atoms with Crippen molar-refractivity contribution in [3.05, 3.63) is 54.6 Å². The van der Waals surface area contributed by atoms with Crippen molar-refractivity contribution in [2.45, 2.75) is 38.2 Å². The molecule has 0 bridgehead atoms. The molecule has 0 saturated carbocycles. The molecule has 3 amide bonds. The average Bonchev–Trinajstić information content (AvgIpc) is 2.86. The van der Waals surface area contributed by atoms with Crippen molar-refractivity contribution in [1.29, 1.82) is 0 Å². The molecule has 0 spiro atoms. The molecule has 1 fully saturated rings. The maximum absolute atomic E-state index is 12.5. The third kappa shape index (κ3) is 8.68. The standard InChI is InChI=1S/C26H37N5O3/c27-15-7-2-8-16-28-25(32)29-17-20-31-18-13-22(14-19-31)34-26(33)30-24-12-6-5-11-23(24)21-9-3-1-4-10-21/h1,3-6,9-12,22H,2,7-8,13-20,27H2,(H,30,33)(H2,28,29,32). The Balaban J connectivity index is 1.33. The lowest BCUT2D eigenvalue weighted by Gasteiger charge is -2.31. The number of benzene rings is 2. The second-order valence-electron chi connectivity index (χ2n) is 8.51. The van der Waals surface area contributed by atoms with E-state index in [9.17, 15) is 9.59 Å². The summed E-state index contributed by atoms with van der Waals surface area (Å²) in [6.45, 7) is 4.41. The third-order valence-electron chi connectivity index (χ3n) is 5.94. The molecule has 8 nitrogen and oxygen atoms in total. The summed E-state index contributed by atoms with van der Waals surface area (Å²) in [6, 6.07) is 17.6. The van der Waals surface area contributed by atoms with Gasteiger partial charge in [0.25, 0.3) is 0 Å². The number of para-hydroxylation sites is 1. The van der Waals surface area contributed by atoms with Crippen molar-refractivity contribution in [2.75, 3.05) is 44.6 Å². The molecule has 0 atom stereocenters. The van der Waals surface area contributed by atoms with Gasteiger partial charge in [-0.05, 0) is 43.9 Å². The summed E-state index contributed by atoms with van der Waals surface area (Å²) in [5.74, 6) is 0. The van der Waals surface area contributed by atoms with Crippen LogP contribution in [0.5, 0.6) is 0 Å². The van der Waals surface area contributed by atoms with E-state index in [4.69, 9.17) is 10.5 Å². The molecule has 34 heavy (non-hydrogen) atoms. The van der Waals surface area contributed by atoms with Gasteiger partial charge in [0, 0.05) is 38.3 Å². The van der Waals surface area contributed by atoms with E-state index < -0.39 is 6.09 Å². The largest absolute Gasteiger partial charge is 0.446 e. The highest BCUT2D eigenvalue weighted by molar-refractivity contribution is 5.91. The van der Waals surface area contributed by atoms with E-state index in [0.717, 1.165) is 68.6 Å². The van der Waals surface area contributed by atoms with Crippen LogP contribution in [0.4, 0.5) is 15.3 Å². The molecule has 1 heterocycles. The molecule has 1 aliphatic rings. The molecular weight excluding hydrogens is 430 g/mol. The first kappa shape index (κ1) is 25.5. The Labute approximate surface area is 202 Å². The van der Waals surface area contributed by atoms with E-state index in [0.29, 0.717) is 19.6 Å². The highest BCUT2D eigenvalue weighted by Gasteiger charge is 2.22. The number of amides is 3. The molecule has 2 aromatic carbocycles. The number of carbonyl (C=O) groups is 2. The van der Waals surface area contributed by atoms with Gasteiger partial charge in [0.05, 0.1) is 5.69 Å². The van der Waals surface area contributed by atoms with Crippen molar-refractivity contribution < 1.29 is 14.3 Å². The number of nitrogens with one attached hydrogen (secondary N) is 3. The molecule has 184 valence electrons. The number of unbranched alkanes of at least 4 members (excludes halogenated alkanes) is 2. The van der Waals surface area contributed by atoms with E-state index in [1.165, 1.54) is 0 Å². The fourth-order valence-corrected chi connectivity index (χ4v) is 4.04. The van der Waals surface area contributed by atoms with Crippen molar-refractivity contribution in [3.8, 4) is 11.1 Å². The summed E-state index contributed by atoms with van der Waals surface area (Å²) in [7, 11) is 0. The molecule has 0 radical (unpaired) electrons. The quantitative estimate of drug-likeness (QED) is 0.376. The smallest absolute Gasteiger partial charge is 0.411 e. The number of hydrogen-bond acceptors (Lipinski definition) is 5. The maximum Gasteiger partial charge on any atom is 0.411 e. The van der Waals surface area contributed by atoms with Crippen molar-refractivity contribution in [1.82, 2.24) is 15.5 Å². The molecule has 8 heteroatoms. The molecule has 1 aliphatic heterocycles. The first-order chi connectivity index (χ1) is 16.7. The normalized spacial score (nSPS) is 14.4. The molecule has 5 N–H and O–H groups in total. The van der Waals surface area contributed by atoms with Crippen LogP contribution in [0.2, 0.25) is 0 Å². The molecule has 0 aromatic heterocycles. The van der Waals surface area contributed by atoms with Gasteiger partial charge in [0.2, 0.25) is 0 Å². The number of nitrogens with two attached hydrogens (primary N) is 1. The summed E-state index contributed by atoms with van der Waals surface area (Å²) in [5, 5.41) is 8.67. The van der Waals surface area contributed by atoms with Crippen LogP contribution >= 0.6 is 0 Å². The van der Waals surface area contributed by atoms with E-state index in [1.54, 1.807) is 0 Å². The van der Waals surface area contributed by atoms with Crippen LogP contribution in [0.3, 0.4) is 0 Å². The SMILES string of the molecule is NCCCCCNC(=O)NCCN1CCC(OC(=O)Nc2ccccc2-c2ccccc2)CC1. The van der Waals surface area contributed by atoms with Gasteiger partial charge < -0.3 is 26.0 Å². The van der Waals surface area contributed by atoms with Crippen LogP contribution in [0.1, 0.15) is 32.1 Å². The number of nitrogens with zero attached hydrogens (tertiary/aromatic N) is 1. The fraction of sp³-hybridized carbons (Fsp3) is 0.462. The van der Waals surface area contributed by atoms with E-state index in [2.05, 4.69) is 20.9 Å². The Kier molecular flexibility index (Phi) is 10.7.